The van der Waals surface area contributed by atoms with Gasteiger partial charge in [-0.05, 0) is 56.8 Å². The van der Waals surface area contributed by atoms with E-state index in [4.69, 9.17) is 10.00 Å². The number of hydrogen-bond donors (Lipinski definition) is 0. The Hall–Kier alpha value is -2.41. The van der Waals surface area contributed by atoms with E-state index in [0.29, 0.717) is 30.8 Å². The molecule has 0 N–H and O–H groups in total. The van der Waals surface area contributed by atoms with Crippen molar-refractivity contribution in [2.24, 2.45) is 11.8 Å². The molecule has 1 fully saturated rings. The Morgan fingerprint density at radius 1 is 1.32 bits per heavy atom. The molecule has 1 heterocycles. The lowest BCUT2D eigenvalue weighted by Gasteiger charge is -2.15. The van der Waals surface area contributed by atoms with Gasteiger partial charge in [0.25, 0.3) is 0 Å². The monoisotopic (exact) mass is 337 g/mol. The maximum Gasteiger partial charge on any atom is 0.162 e. The molecule has 4 nitrogen and oxygen atoms in total. The number of ether oxygens (including phenoxy) is 1. The third kappa shape index (κ3) is 4.79. The molecule has 1 unspecified atom stereocenters. The second-order valence-electron chi connectivity index (χ2n) is 6.86. The van der Waals surface area contributed by atoms with E-state index in [1.807, 2.05) is 12.2 Å². The smallest absolute Gasteiger partial charge is 0.162 e. The lowest BCUT2D eigenvalue weighted by molar-refractivity contribution is -0.118. The molecule has 2 aliphatic carbocycles. The number of hydrogen-bond acceptors (Lipinski definition) is 4. The molecule has 0 radical (unpaired) electrons. The van der Waals surface area contributed by atoms with Crippen molar-refractivity contribution in [1.29, 1.82) is 5.26 Å². The summed E-state index contributed by atoms with van der Waals surface area (Å²) in [5.41, 5.74) is 1.28. The second kappa shape index (κ2) is 8.11. The van der Waals surface area contributed by atoms with Gasteiger partial charge < -0.3 is 4.74 Å². The zero-order valence-corrected chi connectivity index (χ0v) is 14.4. The first kappa shape index (κ1) is 17.4. The molecule has 3 aliphatic rings. The van der Waals surface area contributed by atoms with E-state index < -0.39 is 0 Å². The van der Waals surface area contributed by atoms with Crippen molar-refractivity contribution < 1.29 is 14.3 Å². The first-order chi connectivity index (χ1) is 12.2. The lowest BCUT2D eigenvalue weighted by atomic mass is 9.90. The predicted octanol–water partition coefficient (Wildman–Crippen LogP) is 3.96. The van der Waals surface area contributed by atoms with Crippen molar-refractivity contribution in [3.8, 4) is 6.07 Å². The fraction of sp³-hybridized carbons (Fsp3) is 0.476. The van der Waals surface area contributed by atoms with Crippen molar-refractivity contribution in [2.75, 3.05) is 6.61 Å². The molecule has 0 spiro atoms. The summed E-state index contributed by atoms with van der Waals surface area (Å²) in [5, 5.41) is 8.94. The van der Waals surface area contributed by atoms with Crippen molar-refractivity contribution in [3.63, 3.8) is 0 Å². The van der Waals surface area contributed by atoms with E-state index in [2.05, 4.69) is 6.07 Å². The number of Topliss-reactive ketones (excluding diaryl/α,β-unsaturated/α-hetero) is 1. The Labute approximate surface area is 148 Å². The van der Waals surface area contributed by atoms with Crippen LogP contribution in [0.15, 0.2) is 47.3 Å². The summed E-state index contributed by atoms with van der Waals surface area (Å²) in [6.45, 7) is 0.727. The van der Waals surface area contributed by atoms with Crippen LogP contribution in [-0.2, 0) is 14.3 Å². The first-order valence-corrected chi connectivity index (χ1v) is 9.09. The Balaban J connectivity index is 1.56. The molecule has 0 aromatic heterocycles. The molecule has 0 amide bonds. The summed E-state index contributed by atoms with van der Waals surface area (Å²) >= 11 is 0. The van der Waals surface area contributed by atoms with Crippen LogP contribution in [0, 0.1) is 23.2 Å². The van der Waals surface area contributed by atoms with Crippen LogP contribution in [-0.4, -0.2) is 18.2 Å². The number of ketones is 2. The van der Waals surface area contributed by atoms with Crippen LogP contribution in [0.1, 0.15) is 44.9 Å². The molecule has 4 heteroatoms. The van der Waals surface area contributed by atoms with E-state index in [1.54, 1.807) is 12.2 Å². The van der Waals surface area contributed by atoms with Gasteiger partial charge in [0.2, 0.25) is 0 Å². The van der Waals surface area contributed by atoms with E-state index in [9.17, 15) is 9.59 Å². The molecule has 0 bridgehead atoms. The molecule has 3 rings (SSSR count). The second-order valence-corrected chi connectivity index (χ2v) is 6.86. The van der Waals surface area contributed by atoms with Gasteiger partial charge in [-0.2, -0.15) is 5.26 Å². The van der Waals surface area contributed by atoms with Gasteiger partial charge in [-0.15, -0.1) is 0 Å². The van der Waals surface area contributed by atoms with Crippen LogP contribution in [0.2, 0.25) is 0 Å². The molecule has 1 saturated carbocycles. The molecule has 1 aliphatic heterocycles. The molecule has 0 aromatic carbocycles. The molecule has 130 valence electrons. The standard InChI is InChI=1S/C21H23NO3/c22-14-15-7-10-20(24)17(12-15)5-3-6-19(23)18-4-1-2-11-25-21(13-18)16-8-9-16/h4,7,10,12-13,16-17H,1-3,5-6,8-9,11H2/b18-4-,21-13-. The van der Waals surface area contributed by atoms with Crippen LogP contribution in [0.4, 0.5) is 0 Å². The van der Waals surface area contributed by atoms with Crippen LogP contribution in [0.25, 0.3) is 0 Å². The minimum absolute atomic E-state index is 0.0148. The summed E-state index contributed by atoms with van der Waals surface area (Å²) in [6.07, 6.45) is 14.4. The van der Waals surface area contributed by atoms with Gasteiger partial charge in [0, 0.05) is 29.4 Å². The van der Waals surface area contributed by atoms with Crippen LogP contribution in [0.5, 0.6) is 0 Å². The minimum Gasteiger partial charge on any atom is -0.498 e. The largest absolute Gasteiger partial charge is 0.498 e. The van der Waals surface area contributed by atoms with Crippen molar-refractivity contribution in [3.05, 3.63) is 47.3 Å². The Kier molecular flexibility index (Phi) is 5.65. The average Bonchev–Trinajstić information content (AvgIpc) is 3.41. The van der Waals surface area contributed by atoms with Gasteiger partial charge in [0.05, 0.1) is 18.4 Å². The third-order valence-electron chi connectivity index (χ3n) is 4.80. The van der Waals surface area contributed by atoms with Crippen LogP contribution >= 0.6 is 0 Å². The SMILES string of the molecule is N#CC1=CC(CCCC(=O)C2=C\CCCO/C(C3CC3)=C\2)C(=O)C=C1. The highest BCUT2D eigenvalue weighted by Crippen LogP contribution is 2.38. The van der Waals surface area contributed by atoms with Crippen LogP contribution < -0.4 is 0 Å². The van der Waals surface area contributed by atoms with Gasteiger partial charge in [-0.3, -0.25) is 9.59 Å². The Morgan fingerprint density at radius 3 is 2.92 bits per heavy atom. The molecule has 0 saturated heterocycles. The summed E-state index contributed by atoms with van der Waals surface area (Å²) in [7, 11) is 0. The summed E-state index contributed by atoms with van der Waals surface area (Å²) in [6, 6.07) is 2.06. The topological polar surface area (TPSA) is 67.2 Å². The summed E-state index contributed by atoms with van der Waals surface area (Å²) in [5.74, 6) is 1.32. The zero-order valence-electron chi connectivity index (χ0n) is 14.4. The number of nitrogens with zero attached hydrogens (tertiary/aromatic N) is 1. The number of carbonyl (C=O) groups excluding carboxylic acids is 2. The highest BCUT2D eigenvalue weighted by molar-refractivity contribution is 5.98. The van der Waals surface area contributed by atoms with E-state index in [-0.39, 0.29) is 17.5 Å². The van der Waals surface area contributed by atoms with Crippen molar-refractivity contribution in [1.82, 2.24) is 0 Å². The third-order valence-corrected chi connectivity index (χ3v) is 4.80. The minimum atomic E-state index is -0.278. The van der Waals surface area contributed by atoms with Gasteiger partial charge in [-0.1, -0.05) is 12.2 Å². The normalized spacial score (nSPS) is 27.6. The molecular weight excluding hydrogens is 314 g/mol. The fourth-order valence-electron chi connectivity index (χ4n) is 3.16. The fourth-order valence-corrected chi connectivity index (χ4v) is 3.16. The van der Waals surface area contributed by atoms with Crippen molar-refractivity contribution in [2.45, 2.75) is 44.9 Å². The summed E-state index contributed by atoms with van der Waals surface area (Å²) in [4.78, 5) is 24.4. The first-order valence-electron chi connectivity index (χ1n) is 9.09. The van der Waals surface area contributed by atoms with E-state index >= 15 is 0 Å². The number of rotatable bonds is 6. The Morgan fingerprint density at radius 2 is 2.16 bits per heavy atom. The number of nitriles is 1. The van der Waals surface area contributed by atoms with E-state index in [0.717, 1.165) is 43.6 Å². The van der Waals surface area contributed by atoms with Gasteiger partial charge in [0.1, 0.15) is 0 Å². The maximum atomic E-state index is 12.6. The zero-order chi connectivity index (χ0) is 17.6. The quantitative estimate of drug-likeness (QED) is 0.736. The van der Waals surface area contributed by atoms with Gasteiger partial charge in [-0.25, -0.2) is 0 Å². The molecule has 25 heavy (non-hydrogen) atoms. The lowest BCUT2D eigenvalue weighted by Crippen LogP contribution is -2.14. The van der Waals surface area contributed by atoms with E-state index in [1.165, 1.54) is 6.08 Å². The van der Waals surface area contributed by atoms with Gasteiger partial charge >= 0.3 is 0 Å². The highest BCUT2D eigenvalue weighted by atomic mass is 16.5. The van der Waals surface area contributed by atoms with Crippen LogP contribution in [0.3, 0.4) is 0 Å². The molecule has 1 atom stereocenters. The van der Waals surface area contributed by atoms with Gasteiger partial charge in [0.15, 0.2) is 11.6 Å². The predicted molar refractivity (Wildman–Crippen MR) is 94.3 cm³/mol. The molecule has 0 aromatic rings. The maximum absolute atomic E-state index is 12.6. The summed E-state index contributed by atoms with van der Waals surface area (Å²) < 4.78 is 5.80. The average molecular weight is 337 g/mol. The highest BCUT2D eigenvalue weighted by Gasteiger charge is 2.28. The van der Waals surface area contributed by atoms with Crippen molar-refractivity contribution >= 4 is 11.6 Å². The molecular formula is C21H23NO3. The Bertz CT molecular complexity index is 714. The number of carbonyl (C=O) groups is 2. The number of allylic oxidation sites excluding steroid dienone is 8.